The Labute approximate surface area is 118 Å². The van der Waals surface area contributed by atoms with E-state index in [-0.39, 0.29) is 12.1 Å². The second-order valence-electron chi connectivity index (χ2n) is 5.00. The number of carbonyl (C=O) groups is 1. The Morgan fingerprint density at radius 2 is 2.16 bits per heavy atom. The van der Waals surface area contributed by atoms with Crippen molar-refractivity contribution >= 4 is 23.3 Å². The summed E-state index contributed by atoms with van der Waals surface area (Å²) in [6.07, 6.45) is 3.52. The van der Waals surface area contributed by atoms with Gasteiger partial charge in [-0.15, -0.1) is 0 Å². The summed E-state index contributed by atoms with van der Waals surface area (Å²) >= 11 is 5.96. The predicted octanol–water partition coefficient (Wildman–Crippen LogP) is 3.01. The van der Waals surface area contributed by atoms with Gasteiger partial charge in [0, 0.05) is 6.54 Å². The van der Waals surface area contributed by atoms with Crippen LogP contribution in [0.2, 0.25) is 5.02 Å². The predicted molar refractivity (Wildman–Crippen MR) is 76.4 cm³/mol. The summed E-state index contributed by atoms with van der Waals surface area (Å²) in [6.45, 7) is 0.591. The monoisotopic (exact) mass is 282 g/mol. The van der Waals surface area contributed by atoms with Crippen LogP contribution in [0.25, 0.3) is 0 Å². The fraction of sp³-hybridized carbons (Fsp3) is 0.500. The van der Waals surface area contributed by atoms with Crippen molar-refractivity contribution in [1.29, 1.82) is 0 Å². The Morgan fingerprint density at radius 1 is 1.37 bits per heavy atom. The standard InChI is InChI=1S/C14H19ClN2O2/c15-12-6-1-2-7-13(12)17-14(19)16-9-10-4-3-5-11(18)8-10/h1-2,6-7,10-11,18H,3-5,8-9H2,(H2,16,17,19). The molecule has 5 heteroatoms. The number of rotatable bonds is 3. The molecule has 2 atom stereocenters. The number of halogens is 1. The smallest absolute Gasteiger partial charge is 0.319 e. The van der Waals surface area contributed by atoms with Crippen molar-refractivity contribution in [2.45, 2.75) is 31.8 Å². The number of amides is 2. The average Bonchev–Trinajstić information content (AvgIpc) is 2.39. The van der Waals surface area contributed by atoms with Crippen LogP contribution in [0.4, 0.5) is 10.5 Å². The molecule has 1 aromatic carbocycles. The van der Waals surface area contributed by atoms with E-state index in [0.717, 1.165) is 25.7 Å². The molecule has 0 heterocycles. The third-order valence-corrected chi connectivity index (χ3v) is 3.76. The van der Waals surface area contributed by atoms with Gasteiger partial charge >= 0.3 is 6.03 Å². The van der Waals surface area contributed by atoms with Crippen LogP contribution in [0.3, 0.4) is 0 Å². The lowest BCUT2D eigenvalue weighted by molar-refractivity contribution is 0.101. The van der Waals surface area contributed by atoms with E-state index in [1.807, 2.05) is 12.1 Å². The van der Waals surface area contributed by atoms with E-state index >= 15 is 0 Å². The first-order valence-corrected chi connectivity index (χ1v) is 7.00. The van der Waals surface area contributed by atoms with E-state index in [2.05, 4.69) is 10.6 Å². The topological polar surface area (TPSA) is 61.4 Å². The Morgan fingerprint density at radius 3 is 2.89 bits per heavy atom. The number of anilines is 1. The van der Waals surface area contributed by atoms with E-state index in [1.165, 1.54) is 0 Å². The number of hydrogen-bond acceptors (Lipinski definition) is 2. The van der Waals surface area contributed by atoms with Crippen LogP contribution in [0.1, 0.15) is 25.7 Å². The molecule has 1 fully saturated rings. The molecule has 3 N–H and O–H groups in total. The highest BCUT2D eigenvalue weighted by atomic mass is 35.5. The molecule has 19 heavy (non-hydrogen) atoms. The maximum Gasteiger partial charge on any atom is 0.319 e. The summed E-state index contributed by atoms with van der Waals surface area (Å²) in [5.41, 5.74) is 0.602. The van der Waals surface area contributed by atoms with Gasteiger partial charge in [-0.2, -0.15) is 0 Å². The summed E-state index contributed by atoms with van der Waals surface area (Å²) in [4.78, 5) is 11.7. The first kappa shape index (κ1) is 14.2. The van der Waals surface area contributed by atoms with Gasteiger partial charge in [-0.05, 0) is 37.3 Å². The van der Waals surface area contributed by atoms with Crippen LogP contribution in [0.15, 0.2) is 24.3 Å². The zero-order valence-corrected chi connectivity index (χ0v) is 11.5. The number of urea groups is 1. The second-order valence-corrected chi connectivity index (χ2v) is 5.41. The van der Waals surface area contributed by atoms with Crippen LogP contribution in [0.5, 0.6) is 0 Å². The van der Waals surface area contributed by atoms with Gasteiger partial charge < -0.3 is 15.7 Å². The molecule has 0 saturated heterocycles. The zero-order chi connectivity index (χ0) is 13.7. The molecule has 1 saturated carbocycles. The SMILES string of the molecule is O=C(NCC1CCCC(O)C1)Nc1ccccc1Cl. The fourth-order valence-corrected chi connectivity index (χ4v) is 2.60. The summed E-state index contributed by atoms with van der Waals surface area (Å²) in [6, 6.07) is 6.86. The van der Waals surface area contributed by atoms with Gasteiger partial charge in [0.25, 0.3) is 0 Å². The van der Waals surface area contributed by atoms with Crippen LogP contribution in [0, 0.1) is 5.92 Å². The van der Waals surface area contributed by atoms with Crippen molar-refractivity contribution in [3.05, 3.63) is 29.3 Å². The van der Waals surface area contributed by atoms with E-state index in [1.54, 1.807) is 12.1 Å². The molecular weight excluding hydrogens is 264 g/mol. The average molecular weight is 283 g/mol. The lowest BCUT2D eigenvalue weighted by Gasteiger charge is -2.25. The van der Waals surface area contributed by atoms with E-state index in [9.17, 15) is 9.90 Å². The maximum absolute atomic E-state index is 11.7. The zero-order valence-electron chi connectivity index (χ0n) is 10.7. The molecule has 1 aromatic rings. The number of para-hydroxylation sites is 1. The Kier molecular flexibility index (Phi) is 5.05. The first-order chi connectivity index (χ1) is 9.15. The van der Waals surface area contributed by atoms with Crippen LogP contribution in [-0.2, 0) is 0 Å². The van der Waals surface area contributed by atoms with Crippen LogP contribution in [-0.4, -0.2) is 23.8 Å². The molecule has 0 aromatic heterocycles. The molecule has 2 unspecified atom stereocenters. The Hall–Kier alpha value is -1.26. The van der Waals surface area contributed by atoms with Crippen molar-refractivity contribution in [2.75, 3.05) is 11.9 Å². The summed E-state index contributed by atoms with van der Waals surface area (Å²) in [5, 5.41) is 15.6. The van der Waals surface area contributed by atoms with Crippen molar-refractivity contribution < 1.29 is 9.90 Å². The molecule has 2 rings (SSSR count). The number of benzene rings is 1. The normalized spacial score (nSPS) is 22.8. The molecule has 0 spiro atoms. The van der Waals surface area contributed by atoms with E-state index in [0.29, 0.717) is 23.2 Å². The van der Waals surface area contributed by atoms with Gasteiger partial charge in [0.15, 0.2) is 0 Å². The van der Waals surface area contributed by atoms with Crippen molar-refractivity contribution in [3.63, 3.8) is 0 Å². The number of hydrogen-bond donors (Lipinski definition) is 3. The largest absolute Gasteiger partial charge is 0.393 e. The van der Waals surface area contributed by atoms with Crippen molar-refractivity contribution in [1.82, 2.24) is 5.32 Å². The van der Waals surface area contributed by atoms with E-state index < -0.39 is 0 Å². The molecule has 4 nitrogen and oxygen atoms in total. The molecule has 2 amide bonds. The van der Waals surface area contributed by atoms with Gasteiger partial charge in [0.2, 0.25) is 0 Å². The lowest BCUT2D eigenvalue weighted by Crippen LogP contribution is -2.35. The minimum atomic E-state index is -0.256. The molecular formula is C14H19ClN2O2. The molecule has 1 aliphatic carbocycles. The summed E-state index contributed by atoms with van der Waals surface area (Å²) in [7, 11) is 0. The number of carbonyl (C=O) groups excluding carboxylic acids is 1. The maximum atomic E-state index is 11.7. The summed E-state index contributed by atoms with van der Waals surface area (Å²) < 4.78 is 0. The number of aliphatic hydroxyl groups is 1. The lowest BCUT2D eigenvalue weighted by atomic mass is 9.87. The van der Waals surface area contributed by atoms with Gasteiger partial charge in [0.1, 0.15) is 0 Å². The first-order valence-electron chi connectivity index (χ1n) is 6.62. The van der Waals surface area contributed by atoms with Crippen LogP contribution >= 0.6 is 11.6 Å². The second kappa shape index (κ2) is 6.78. The molecule has 0 aliphatic heterocycles. The van der Waals surface area contributed by atoms with Gasteiger partial charge in [-0.3, -0.25) is 0 Å². The Balaban J connectivity index is 1.77. The fourth-order valence-electron chi connectivity index (χ4n) is 2.41. The molecule has 1 aliphatic rings. The van der Waals surface area contributed by atoms with Crippen LogP contribution < -0.4 is 10.6 Å². The molecule has 0 radical (unpaired) electrons. The highest BCUT2D eigenvalue weighted by Gasteiger charge is 2.20. The minimum Gasteiger partial charge on any atom is -0.393 e. The molecule has 104 valence electrons. The van der Waals surface area contributed by atoms with Crippen molar-refractivity contribution in [3.8, 4) is 0 Å². The highest BCUT2D eigenvalue weighted by Crippen LogP contribution is 2.23. The summed E-state index contributed by atoms with van der Waals surface area (Å²) in [5.74, 6) is 0.362. The number of aliphatic hydroxyl groups excluding tert-OH is 1. The third kappa shape index (κ3) is 4.40. The quantitative estimate of drug-likeness (QED) is 0.798. The van der Waals surface area contributed by atoms with Gasteiger partial charge in [-0.1, -0.05) is 30.2 Å². The molecule has 0 bridgehead atoms. The minimum absolute atomic E-state index is 0.216. The van der Waals surface area contributed by atoms with Crippen molar-refractivity contribution in [2.24, 2.45) is 5.92 Å². The third-order valence-electron chi connectivity index (χ3n) is 3.43. The Bertz CT molecular complexity index is 439. The van der Waals surface area contributed by atoms with E-state index in [4.69, 9.17) is 11.6 Å². The van der Waals surface area contributed by atoms with Gasteiger partial charge in [0.05, 0.1) is 16.8 Å². The van der Waals surface area contributed by atoms with Gasteiger partial charge in [-0.25, -0.2) is 4.79 Å². The number of nitrogens with one attached hydrogen (secondary N) is 2. The highest BCUT2D eigenvalue weighted by molar-refractivity contribution is 6.33.